The highest BCUT2D eigenvalue weighted by Crippen LogP contribution is 2.24. The van der Waals surface area contributed by atoms with Crippen LogP contribution < -0.4 is 16.4 Å². The highest BCUT2D eigenvalue weighted by Gasteiger charge is 2.29. The van der Waals surface area contributed by atoms with Crippen LogP contribution in [0.1, 0.15) is 35.9 Å². The summed E-state index contributed by atoms with van der Waals surface area (Å²) >= 11 is 1.36. The van der Waals surface area contributed by atoms with Crippen molar-refractivity contribution < 1.29 is 9.59 Å². The van der Waals surface area contributed by atoms with Crippen molar-refractivity contribution in [3.8, 4) is 0 Å². The second-order valence-corrected chi connectivity index (χ2v) is 6.16. The van der Waals surface area contributed by atoms with Crippen LogP contribution in [0.25, 0.3) is 0 Å². The largest absolute Gasteiger partial charge is 0.351 e. The van der Waals surface area contributed by atoms with Gasteiger partial charge in [-0.1, -0.05) is 12.5 Å². The lowest BCUT2D eigenvalue weighted by molar-refractivity contribution is -0.123. The monoisotopic (exact) mass is 295 g/mol. The Labute approximate surface area is 122 Å². The summed E-state index contributed by atoms with van der Waals surface area (Å²) in [5.74, 6) is 0.0175. The molecule has 1 aliphatic rings. The first-order valence-corrected chi connectivity index (χ1v) is 7.84. The second-order valence-electron chi connectivity index (χ2n) is 5.21. The summed E-state index contributed by atoms with van der Waals surface area (Å²) in [6, 6.07) is 3.16. The molecule has 2 amide bonds. The van der Waals surface area contributed by atoms with Gasteiger partial charge < -0.3 is 16.4 Å². The lowest BCUT2D eigenvalue weighted by atomic mass is 10.0. The number of hydrogen-bond donors (Lipinski definition) is 3. The van der Waals surface area contributed by atoms with Crippen molar-refractivity contribution in [3.05, 3.63) is 22.4 Å². The van der Waals surface area contributed by atoms with Gasteiger partial charge in [-0.2, -0.15) is 0 Å². The predicted molar refractivity (Wildman–Crippen MR) is 79.6 cm³/mol. The molecule has 110 valence electrons. The first-order chi connectivity index (χ1) is 9.61. The van der Waals surface area contributed by atoms with Crippen LogP contribution in [-0.2, 0) is 4.79 Å². The molecule has 2 rings (SSSR count). The van der Waals surface area contributed by atoms with Gasteiger partial charge in [-0.25, -0.2) is 0 Å². The van der Waals surface area contributed by atoms with Crippen molar-refractivity contribution >= 4 is 23.2 Å². The van der Waals surface area contributed by atoms with Crippen molar-refractivity contribution in [2.45, 2.75) is 38.3 Å². The van der Waals surface area contributed by atoms with E-state index in [0.717, 1.165) is 19.3 Å². The van der Waals surface area contributed by atoms with Crippen LogP contribution in [0.3, 0.4) is 0 Å². The first-order valence-electron chi connectivity index (χ1n) is 6.96. The molecule has 4 N–H and O–H groups in total. The topological polar surface area (TPSA) is 84.2 Å². The summed E-state index contributed by atoms with van der Waals surface area (Å²) in [7, 11) is 0. The van der Waals surface area contributed by atoms with Crippen LogP contribution in [0.4, 0.5) is 0 Å². The maximum atomic E-state index is 12.1. The molecule has 1 aromatic heterocycles. The van der Waals surface area contributed by atoms with E-state index in [-0.39, 0.29) is 17.9 Å². The van der Waals surface area contributed by atoms with Gasteiger partial charge >= 0.3 is 0 Å². The molecule has 0 aliphatic heterocycles. The van der Waals surface area contributed by atoms with E-state index in [2.05, 4.69) is 10.6 Å². The Bertz CT molecular complexity index is 461. The molecule has 0 aromatic carbocycles. The van der Waals surface area contributed by atoms with Crippen molar-refractivity contribution in [2.75, 3.05) is 6.54 Å². The number of thiophene rings is 1. The molecule has 0 saturated heterocycles. The molecule has 1 saturated carbocycles. The molecule has 5 nitrogen and oxygen atoms in total. The van der Waals surface area contributed by atoms with Crippen LogP contribution >= 0.6 is 11.3 Å². The molecule has 1 aromatic rings. The zero-order valence-corrected chi connectivity index (χ0v) is 12.4. The van der Waals surface area contributed by atoms with Crippen LogP contribution in [-0.4, -0.2) is 30.4 Å². The summed E-state index contributed by atoms with van der Waals surface area (Å²) in [5, 5.41) is 7.55. The van der Waals surface area contributed by atoms with E-state index in [4.69, 9.17) is 5.73 Å². The van der Waals surface area contributed by atoms with Gasteiger partial charge in [0.25, 0.3) is 5.91 Å². The second kappa shape index (κ2) is 6.85. The van der Waals surface area contributed by atoms with Crippen molar-refractivity contribution in [3.63, 3.8) is 0 Å². The molecule has 3 unspecified atom stereocenters. The van der Waals surface area contributed by atoms with Crippen LogP contribution in [0.15, 0.2) is 17.5 Å². The first kappa shape index (κ1) is 15.0. The predicted octanol–water partition coefficient (Wildman–Crippen LogP) is 1.11. The summed E-state index contributed by atoms with van der Waals surface area (Å²) in [4.78, 5) is 24.6. The summed E-state index contributed by atoms with van der Waals surface area (Å²) in [5.41, 5.74) is 5.70. The smallest absolute Gasteiger partial charge is 0.261 e. The number of hydrogen-bond acceptors (Lipinski definition) is 4. The molecular formula is C14H21N3O2S. The average molecular weight is 295 g/mol. The van der Waals surface area contributed by atoms with E-state index in [9.17, 15) is 9.59 Å². The quantitative estimate of drug-likeness (QED) is 0.761. The molecule has 0 radical (unpaired) electrons. The molecule has 20 heavy (non-hydrogen) atoms. The van der Waals surface area contributed by atoms with E-state index in [1.165, 1.54) is 11.3 Å². The van der Waals surface area contributed by atoms with Crippen molar-refractivity contribution in [1.29, 1.82) is 0 Å². The number of rotatable bonds is 5. The summed E-state index contributed by atoms with van der Waals surface area (Å²) < 4.78 is 0. The maximum absolute atomic E-state index is 12.1. The lowest BCUT2D eigenvalue weighted by Crippen LogP contribution is -2.49. The number of carbonyl (C=O) groups is 2. The van der Waals surface area contributed by atoms with Gasteiger partial charge in [0.15, 0.2) is 0 Å². The van der Waals surface area contributed by atoms with Gasteiger partial charge in [0.1, 0.15) is 6.04 Å². The van der Waals surface area contributed by atoms with Gasteiger partial charge in [0, 0.05) is 6.04 Å². The lowest BCUT2D eigenvalue weighted by Gasteiger charge is -2.22. The fourth-order valence-electron chi connectivity index (χ4n) is 2.56. The molecule has 6 heteroatoms. The SMILES string of the molecule is CC(NC(=O)c1cccs1)C(=O)NC1CCCC1CN. The number of carbonyl (C=O) groups excluding carboxylic acids is 2. The fourth-order valence-corrected chi connectivity index (χ4v) is 3.18. The highest BCUT2D eigenvalue weighted by molar-refractivity contribution is 7.12. The fraction of sp³-hybridized carbons (Fsp3) is 0.571. The Kier molecular flexibility index (Phi) is 5.14. The van der Waals surface area contributed by atoms with Crippen molar-refractivity contribution in [1.82, 2.24) is 10.6 Å². The van der Waals surface area contributed by atoms with E-state index in [1.807, 2.05) is 11.4 Å². The Morgan fingerprint density at radius 3 is 2.95 bits per heavy atom. The number of amides is 2. The standard InChI is InChI=1S/C14H21N3O2S/c1-9(16-14(19)12-6-3-7-20-12)13(18)17-11-5-2-4-10(11)8-15/h3,6-7,9-11H,2,4-5,8,15H2,1H3,(H,16,19)(H,17,18). The van der Waals surface area contributed by atoms with E-state index >= 15 is 0 Å². The number of nitrogens with one attached hydrogen (secondary N) is 2. The van der Waals surface area contributed by atoms with Crippen molar-refractivity contribution in [2.24, 2.45) is 11.7 Å². The average Bonchev–Trinajstić information content (AvgIpc) is 3.09. The zero-order valence-electron chi connectivity index (χ0n) is 11.6. The minimum atomic E-state index is -0.538. The van der Waals surface area contributed by atoms with Crippen LogP contribution in [0.2, 0.25) is 0 Å². The van der Waals surface area contributed by atoms with Gasteiger partial charge in [-0.05, 0) is 43.7 Å². The third kappa shape index (κ3) is 3.58. The van der Waals surface area contributed by atoms with Gasteiger partial charge in [0.2, 0.25) is 5.91 Å². The highest BCUT2D eigenvalue weighted by atomic mass is 32.1. The Balaban J connectivity index is 1.84. The summed E-state index contributed by atoms with van der Waals surface area (Å²) in [6.45, 7) is 2.30. The normalized spacial score (nSPS) is 23.3. The van der Waals surface area contributed by atoms with E-state index in [1.54, 1.807) is 13.0 Å². The van der Waals surface area contributed by atoms with E-state index in [0.29, 0.717) is 17.3 Å². The minimum Gasteiger partial charge on any atom is -0.351 e. The third-order valence-corrected chi connectivity index (χ3v) is 4.64. The van der Waals surface area contributed by atoms with Crippen LogP contribution in [0, 0.1) is 5.92 Å². The molecule has 1 heterocycles. The maximum Gasteiger partial charge on any atom is 0.261 e. The molecule has 0 spiro atoms. The van der Waals surface area contributed by atoms with Gasteiger partial charge in [-0.3, -0.25) is 9.59 Å². The molecule has 0 bridgehead atoms. The molecule has 1 fully saturated rings. The van der Waals surface area contributed by atoms with Gasteiger partial charge in [0.05, 0.1) is 4.88 Å². The zero-order chi connectivity index (χ0) is 14.5. The Hall–Kier alpha value is -1.40. The third-order valence-electron chi connectivity index (χ3n) is 3.78. The minimum absolute atomic E-state index is 0.139. The Morgan fingerprint density at radius 2 is 2.30 bits per heavy atom. The van der Waals surface area contributed by atoms with Gasteiger partial charge in [-0.15, -0.1) is 11.3 Å². The molecule has 3 atom stereocenters. The number of nitrogens with two attached hydrogens (primary N) is 1. The Morgan fingerprint density at radius 1 is 1.50 bits per heavy atom. The molecular weight excluding hydrogens is 274 g/mol. The van der Waals surface area contributed by atoms with E-state index < -0.39 is 6.04 Å². The van der Waals surface area contributed by atoms with Crippen LogP contribution in [0.5, 0.6) is 0 Å². The molecule has 1 aliphatic carbocycles. The summed E-state index contributed by atoms with van der Waals surface area (Å²) in [6.07, 6.45) is 3.14.